The third-order valence-corrected chi connectivity index (χ3v) is 4.13. The van der Waals surface area contributed by atoms with Gasteiger partial charge in [0.05, 0.1) is 11.9 Å². The van der Waals surface area contributed by atoms with Crippen molar-refractivity contribution in [1.82, 2.24) is 24.9 Å². The van der Waals surface area contributed by atoms with Gasteiger partial charge in [-0.25, -0.2) is 19.9 Å². The lowest BCUT2D eigenvalue weighted by Crippen LogP contribution is -2.47. The SMILES string of the molecule is NC(=O)c1cccnc1N1CCN(c2ncnc3nc[nH]c23)CC1. The van der Waals surface area contributed by atoms with E-state index in [1.165, 1.54) is 6.33 Å². The predicted octanol–water partition coefficient (Wildman–Crippen LogP) is 0.173. The molecule has 122 valence electrons. The first-order chi connectivity index (χ1) is 11.7. The van der Waals surface area contributed by atoms with Crippen LogP contribution in [0.3, 0.4) is 0 Å². The number of anilines is 2. The summed E-state index contributed by atoms with van der Waals surface area (Å²) < 4.78 is 0. The molecule has 3 aromatic heterocycles. The topological polar surface area (TPSA) is 117 Å². The van der Waals surface area contributed by atoms with E-state index in [9.17, 15) is 4.79 Å². The number of carbonyl (C=O) groups is 1. The third-order valence-electron chi connectivity index (χ3n) is 4.13. The van der Waals surface area contributed by atoms with Crippen molar-refractivity contribution in [2.75, 3.05) is 36.0 Å². The van der Waals surface area contributed by atoms with E-state index in [4.69, 9.17) is 5.73 Å². The van der Waals surface area contributed by atoms with Gasteiger partial charge in [-0.3, -0.25) is 4.79 Å². The Morgan fingerprint density at radius 1 is 1.04 bits per heavy atom. The van der Waals surface area contributed by atoms with E-state index < -0.39 is 5.91 Å². The molecule has 0 bridgehead atoms. The number of aromatic amines is 1. The maximum Gasteiger partial charge on any atom is 0.252 e. The van der Waals surface area contributed by atoms with Crippen molar-refractivity contribution < 1.29 is 4.79 Å². The summed E-state index contributed by atoms with van der Waals surface area (Å²) in [6.45, 7) is 2.94. The molecule has 1 aliphatic heterocycles. The van der Waals surface area contributed by atoms with Crippen LogP contribution in [0, 0.1) is 0 Å². The normalized spacial score (nSPS) is 15.0. The van der Waals surface area contributed by atoms with Crippen molar-refractivity contribution >= 4 is 28.7 Å². The minimum Gasteiger partial charge on any atom is -0.365 e. The van der Waals surface area contributed by atoms with Gasteiger partial charge >= 0.3 is 0 Å². The quantitative estimate of drug-likeness (QED) is 0.705. The fourth-order valence-electron chi connectivity index (χ4n) is 2.96. The zero-order chi connectivity index (χ0) is 16.5. The number of hydrogen-bond acceptors (Lipinski definition) is 7. The smallest absolute Gasteiger partial charge is 0.252 e. The number of fused-ring (bicyclic) bond motifs is 1. The molecule has 1 saturated heterocycles. The summed E-state index contributed by atoms with van der Waals surface area (Å²) in [6.07, 6.45) is 4.81. The van der Waals surface area contributed by atoms with E-state index in [1.807, 2.05) is 0 Å². The van der Waals surface area contributed by atoms with Crippen molar-refractivity contribution in [3.63, 3.8) is 0 Å². The number of imidazole rings is 1. The van der Waals surface area contributed by atoms with Gasteiger partial charge in [0.15, 0.2) is 11.5 Å². The molecule has 0 saturated carbocycles. The molecule has 0 spiro atoms. The zero-order valence-corrected chi connectivity index (χ0v) is 12.9. The number of carbonyl (C=O) groups excluding carboxylic acids is 1. The molecule has 24 heavy (non-hydrogen) atoms. The highest BCUT2D eigenvalue weighted by Gasteiger charge is 2.23. The fourth-order valence-corrected chi connectivity index (χ4v) is 2.96. The van der Waals surface area contributed by atoms with Gasteiger partial charge < -0.3 is 20.5 Å². The second-order valence-corrected chi connectivity index (χ2v) is 5.51. The second-order valence-electron chi connectivity index (χ2n) is 5.51. The van der Waals surface area contributed by atoms with Crippen LogP contribution in [0.2, 0.25) is 0 Å². The van der Waals surface area contributed by atoms with Crippen LogP contribution in [0.25, 0.3) is 11.2 Å². The molecule has 0 aromatic carbocycles. The van der Waals surface area contributed by atoms with Crippen molar-refractivity contribution in [3.8, 4) is 0 Å². The number of aromatic nitrogens is 5. The largest absolute Gasteiger partial charge is 0.365 e. The third kappa shape index (κ3) is 2.39. The Hall–Kier alpha value is -3.23. The fraction of sp³-hybridized carbons (Fsp3) is 0.267. The van der Waals surface area contributed by atoms with Crippen LogP contribution in [0.5, 0.6) is 0 Å². The van der Waals surface area contributed by atoms with E-state index in [-0.39, 0.29) is 0 Å². The van der Waals surface area contributed by atoms with Gasteiger partial charge in [0.25, 0.3) is 5.91 Å². The number of amides is 1. The molecule has 1 fully saturated rings. The van der Waals surface area contributed by atoms with Crippen LogP contribution in [0.1, 0.15) is 10.4 Å². The van der Waals surface area contributed by atoms with Crippen molar-refractivity contribution in [2.45, 2.75) is 0 Å². The lowest BCUT2D eigenvalue weighted by atomic mass is 10.2. The molecule has 4 heterocycles. The number of primary amides is 1. The Morgan fingerprint density at radius 3 is 2.54 bits per heavy atom. The van der Waals surface area contributed by atoms with Gasteiger partial charge in [-0.1, -0.05) is 0 Å². The molecular weight excluding hydrogens is 308 g/mol. The Bertz CT molecular complexity index is 884. The maximum absolute atomic E-state index is 11.6. The first kappa shape index (κ1) is 14.4. The van der Waals surface area contributed by atoms with E-state index >= 15 is 0 Å². The number of H-pyrrole nitrogens is 1. The first-order valence-corrected chi connectivity index (χ1v) is 7.63. The standard InChI is InChI=1S/C15H16N8O/c16-12(24)10-2-1-3-17-14(10)22-4-6-23(7-5-22)15-11-13(19-8-18-11)20-9-21-15/h1-3,8-9H,4-7H2,(H2,16,24)(H,18,19,20,21). The number of hydrogen-bond donors (Lipinski definition) is 2. The average Bonchev–Trinajstić information content (AvgIpc) is 3.10. The molecule has 3 aromatic rings. The number of nitrogens with one attached hydrogen (secondary N) is 1. The molecular formula is C15H16N8O. The van der Waals surface area contributed by atoms with Crippen LogP contribution in [-0.4, -0.2) is 57.0 Å². The summed E-state index contributed by atoms with van der Waals surface area (Å²) in [4.78, 5) is 35.9. The molecule has 3 N–H and O–H groups in total. The monoisotopic (exact) mass is 324 g/mol. The van der Waals surface area contributed by atoms with Gasteiger partial charge in [0, 0.05) is 32.4 Å². The van der Waals surface area contributed by atoms with Crippen molar-refractivity contribution in [1.29, 1.82) is 0 Å². The van der Waals surface area contributed by atoms with Crippen LogP contribution >= 0.6 is 0 Å². The Morgan fingerprint density at radius 2 is 1.79 bits per heavy atom. The van der Waals surface area contributed by atoms with Crippen molar-refractivity contribution in [2.24, 2.45) is 5.73 Å². The van der Waals surface area contributed by atoms with Crippen LogP contribution in [0.4, 0.5) is 11.6 Å². The number of nitrogens with zero attached hydrogens (tertiary/aromatic N) is 6. The lowest BCUT2D eigenvalue weighted by Gasteiger charge is -2.36. The average molecular weight is 324 g/mol. The summed E-state index contributed by atoms with van der Waals surface area (Å²) in [6, 6.07) is 3.42. The van der Waals surface area contributed by atoms with Gasteiger partial charge in [-0.2, -0.15) is 0 Å². The molecule has 9 heteroatoms. The molecule has 0 radical (unpaired) electrons. The lowest BCUT2D eigenvalue weighted by molar-refractivity contribution is 0.100. The molecule has 1 amide bonds. The van der Waals surface area contributed by atoms with Crippen LogP contribution in [-0.2, 0) is 0 Å². The number of pyridine rings is 1. The van der Waals surface area contributed by atoms with Crippen molar-refractivity contribution in [3.05, 3.63) is 36.5 Å². The summed E-state index contributed by atoms with van der Waals surface area (Å²) in [5, 5.41) is 0. The van der Waals surface area contributed by atoms with Crippen LogP contribution < -0.4 is 15.5 Å². The first-order valence-electron chi connectivity index (χ1n) is 7.63. The highest BCUT2D eigenvalue weighted by Crippen LogP contribution is 2.23. The molecule has 0 aliphatic carbocycles. The Kier molecular flexibility index (Phi) is 3.45. The van der Waals surface area contributed by atoms with E-state index in [0.717, 1.165) is 37.5 Å². The summed E-state index contributed by atoms with van der Waals surface area (Å²) in [7, 11) is 0. The molecule has 0 atom stereocenters. The summed E-state index contributed by atoms with van der Waals surface area (Å²) >= 11 is 0. The predicted molar refractivity (Wildman–Crippen MR) is 88.9 cm³/mol. The van der Waals surface area contributed by atoms with Crippen LogP contribution in [0.15, 0.2) is 31.0 Å². The van der Waals surface area contributed by atoms with E-state index in [1.54, 1.807) is 24.7 Å². The molecule has 1 aliphatic rings. The Balaban J connectivity index is 1.55. The number of nitrogens with two attached hydrogens (primary N) is 1. The van der Waals surface area contributed by atoms with E-state index in [0.29, 0.717) is 17.0 Å². The number of piperazine rings is 1. The molecule has 0 unspecified atom stereocenters. The highest BCUT2D eigenvalue weighted by atomic mass is 16.1. The minimum absolute atomic E-state index is 0.448. The second kappa shape index (κ2) is 5.76. The summed E-state index contributed by atoms with van der Waals surface area (Å²) in [5.74, 6) is 1.02. The molecule has 4 rings (SSSR count). The summed E-state index contributed by atoms with van der Waals surface area (Å²) in [5.41, 5.74) is 7.38. The minimum atomic E-state index is -0.463. The Labute approximate surface area is 137 Å². The highest BCUT2D eigenvalue weighted by molar-refractivity contribution is 5.97. The van der Waals surface area contributed by atoms with Gasteiger partial charge in [0.2, 0.25) is 0 Å². The number of rotatable bonds is 3. The van der Waals surface area contributed by atoms with Gasteiger partial charge in [-0.05, 0) is 12.1 Å². The van der Waals surface area contributed by atoms with Gasteiger partial charge in [-0.15, -0.1) is 0 Å². The zero-order valence-electron chi connectivity index (χ0n) is 12.9. The van der Waals surface area contributed by atoms with E-state index in [2.05, 4.69) is 34.7 Å². The maximum atomic E-state index is 11.6. The van der Waals surface area contributed by atoms with Gasteiger partial charge in [0.1, 0.15) is 17.7 Å². The molecule has 9 nitrogen and oxygen atoms in total.